The molecule has 1 atom stereocenters. The van der Waals surface area contributed by atoms with Crippen LogP contribution in [0.25, 0.3) is 0 Å². The normalized spacial score (nSPS) is 12.2. The van der Waals surface area contributed by atoms with Crippen LogP contribution >= 0.6 is 0 Å². The SMILES string of the molecule is CCc1ccc(NC(=O)C(CC)S(=O)(=O)CC(=O)Nc2ccc(F)cc2)cc1. The molecule has 8 heteroatoms. The summed E-state index contributed by atoms with van der Waals surface area (Å²) < 4.78 is 38.0. The molecule has 0 aromatic heterocycles. The van der Waals surface area contributed by atoms with E-state index in [1.54, 1.807) is 19.1 Å². The minimum Gasteiger partial charge on any atom is -0.325 e. The lowest BCUT2D eigenvalue weighted by Gasteiger charge is -2.16. The number of benzene rings is 2. The largest absolute Gasteiger partial charge is 0.325 e. The number of sulfone groups is 1. The third kappa shape index (κ3) is 5.88. The number of aryl methyl sites for hydroxylation is 1. The molecule has 2 rings (SSSR count). The maximum atomic E-state index is 12.9. The zero-order valence-electron chi connectivity index (χ0n) is 15.7. The number of hydrogen-bond acceptors (Lipinski definition) is 4. The quantitative estimate of drug-likeness (QED) is 0.704. The van der Waals surface area contributed by atoms with Gasteiger partial charge in [-0.3, -0.25) is 9.59 Å². The van der Waals surface area contributed by atoms with Crippen molar-refractivity contribution in [1.82, 2.24) is 0 Å². The fourth-order valence-corrected chi connectivity index (χ4v) is 4.19. The van der Waals surface area contributed by atoms with Crippen molar-refractivity contribution in [1.29, 1.82) is 0 Å². The molecule has 0 saturated heterocycles. The molecule has 2 N–H and O–H groups in total. The smallest absolute Gasteiger partial charge is 0.242 e. The molecule has 150 valence electrons. The molecule has 2 amide bonds. The predicted octanol–water partition coefficient (Wildman–Crippen LogP) is 3.16. The van der Waals surface area contributed by atoms with Gasteiger partial charge in [0.05, 0.1) is 0 Å². The molecule has 0 fully saturated rings. The van der Waals surface area contributed by atoms with E-state index in [1.807, 2.05) is 19.1 Å². The van der Waals surface area contributed by atoms with Crippen LogP contribution in [-0.2, 0) is 25.8 Å². The Labute approximate surface area is 164 Å². The van der Waals surface area contributed by atoms with Gasteiger partial charge in [0.25, 0.3) is 0 Å². The van der Waals surface area contributed by atoms with Gasteiger partial charge < -0.3 is 10.6 Å². The van der Waals surface area contributed by atoms with Gasteiger partial charge in [-0.1, -0.05) is 26.0 Å². The van der Waals surface area contributed by atoms with Crippen molar-refractivity contribution < 1.29 is 22.4 Å². The third-order valence-electron chi connectivity index (χ3n) is 4.19. The van der Waals surface area contributed by atoms with Crippen LogP contribution in [0.2, 0.25) is 0 Å². The van der Waals surface area contributed by atoms with Gasteiger partial charge in [-0.25, -0.2) is 12.8 Å². The second kappa shape index (κ2) is 9.45. The zero-order valence-corrected chi connectivity index (χ0v) is 16.6. The highest BCUT2D eigenvalue weighted by Crippen LogP contribution is 2.15. The topological polar surface area (TPSA) is 92.3 Å². The average Bonchev–Trinajstić information content (AvgIpc) is 2.64. The Bertz CT molecular complexity index is 926. The Morgan fingerprint density at radius 1 is 0.929 bits per heavy atom. The van der Waals surface area contributed by atoms with Gasteiger partial charge in [-0.2, -0.15) is 0 Å². The van der Waals surface area contributed by atoms with Gasteiger partial charge in [-0.15, -0.1) is 0 Å². The summed E-state index contributed by atoms with van der Waals surface area (Å²) >= 11 is 0. The maximum absolute atomic E-state index is 12.9. The third-order valence-corrected chi connectivity index (χ3v) is 6.27. The van der Waals surface area contributed by atoms with Crippen molar-refractivity contribution in [2.75, 3.05) is 16.4 Å². The van der Waals surface area contributed by atoms with Crippen LogP contribution in [0.3, 0.4) is 0 Å². The summed E-state index contributed by atoms with van der Waals surface area (Å²) in [6.45, 7) is 3.57. The highest BCUT2D eigenvalue weighted by molar-refractivity contribution is 7.93. The first-order valence-corrected chi connectivity index (χ1v) is 10.6. The molecule has 0 spiro atoms. The number of halogens is 1. The molecule has 0 aliphatic heterocycles. The van der Waals surface area contributed by atoms with Crippen LogP contribution in [0.4, 0.5) is 15.8 Å². The summed E-state index contributed by atoms with van der Waals surface area (Å²) in [6.07, 6.45) is 0.883. The van der Waals surface area contributed by atoms with Crippen LogP contribution in [0.5, 0.6) is 0 Å². The summed E-state index contributed by atoms with van der Waals surface area (Å²) in [4.78, 5) is 24.5. The molecular weight excluding hydrogens is 383 g/mol. The fraction of sp³-hybridized carbons (Fsp3) is 0.300. The Hall–Kier alpha value is -2.74. The lowest BCUT2D eigenvalue weighted by molar-refractivity contribution is -0.115. The van der Waals surface area contributed by atoms with Gasteiger partial charge in [0.15, 0.2) is 9.84 Å². The second-order valence-corrected chi connectivity index (χ2v) is 8.48. The monoisotopic (exact) mass is 406 g/mol. The average molecular weight is 406 g/mol. The number of rotatable bonds is 8. The fourth-order valence-electron chi connectivity index (χ4n) is 2.66. The van der Waals surface area contributed by atoms with Gasteiger partial charge in [-0.05, 0) is 54.8 Å². The van der Waals surface area contributed by atoms with Gasteiger partial charge >= 0.3 is 0 Å². The Balaban J connectivity index is 2.04. The molecule has 2 aromatic carbocycles. The molecule has 28 heavy (non-hydrogen) atoms. The first-order valence-electron chi connectivity index (χ1n) is 8.92. The number of nitrogens with one attached hydrogen (secondary N) is 2. The van der Waals surface area contributed by atoms with Crippen molar-refractivity contribution in [3.05, 3.63) is 59.9 Å². The van der Waals surface area contributed by atoms with E-state index in [2.05, 4.69) is 10.6 Å². The van der Waals surface area contributed by atoms with Crippen molar-refractivity contribution in [3.63, 3.8) is 0 Å². The van der Waals surface area contributed by atoms with E-state index < -0.39 is 38.5 Å². The Kier molecular flexibility index (Phi) is 7.28. The lowest BCUT2D eigenvalue weighted by atomic mass is 10.1. The van der Waals surface area contributed by atoms with Crippen molar-refractivity contribution in [2.45, 2.75) is 31.9 Å². The minimum atomic E-state index is -4.03. The minimum absolute atomic E-state index is 0.0328. The lowest BCUT2D eigenvalue weighted by Crippen LogP contribution is -2.39. The van der Waals surface area contributed by atoms with Crippen molar-refractivity contribution in [3.8, 4) is 0 Å². The van der Waals surface area contributed by atoms with Crippen molar-refractivity contribution in [2.24, 2.45) is 0 Å². The van der Waals surface area contributed by atoms with E-state index in [0.717, 1.165) is 24.1 Å². The van der Waals surface area contributed by atoms with E-state index in [-0.39, 0.29) is 12.1 Å². The number of hydrogen-bond donors (Lipinski definition) is 2. The highest BCUT2D eigenvalue weighted by Gasteiger charge is 2.33. The van der Waals surface area contributed by atoms with E-state index in [9.17, 15) is 22.4 Å². The van der Waals surface area contributed by atoms with Crippen LogP contribution in [0.1, 0.15) is 25.8 Å². The summed E-state index contributed by atoms with van der Waals surface area (Å²) in [5.41, 5.74) is 1.86. The summed E-state index contributed by atoms with van der Waals surface area (Å²) in [7, 11) is -4.03. The van der Waals surface area contributed by atoms with Gasteiger partial charge in [0.1, 0.15) is 16.8 Å². The maximum Gasteiger partial charge on any atom is 0.242 e. The van der Waals surface area contributed by atoms with Crippen LogP contribution < -0.4 is 10.6 Å². The molecule has 0 heterocycles. The van der Waals surface area contributed by atoms with E-state index in [0.29, 0.717) is 5.69 Å². The number of carbonyl (C=O) groups excluding carboxylic acids is 2. The first kappa shape index (κ1) is 21.6. The van der Waals surface area contributed by atoms with Gasteiger partial charge in [0, 0.05) is 11.4 Å². The zero-order chi connectivity index (χ0) is 20.7. The van der Waals surface area contributed by atoms with Crippen LogP contribution in [0, 0.1) is 5.82 Å². The highest BCUT2D eigenvalue weighted by atomic mass is 32.2. The molecule has 0 aliphatic carbocycles. The summed E-state index contributed by atoms with van der Waals surface area (Å²) in [5, 5.41) is 3.63. The molecule has 1 unspecified atom stereocenters. The molecule has 0 aliphatic rings. The molecular formula is C20H23FN2O4S. The Morgan fingerprint density at radius 2 is 1.46 bits per heavy atom. The van der Waals surface area contributed by atoms with Crippen molar-refractivity contribution >= 4 is 33.0 Å². The van der Waals surface area contributed by atoms with E-state index >= 15 is 0 Å². The number of anilines is 2. The standard InChI is InChI=1S/C20H23FN2O4S/c1-3-14-5-9-17(10-6-14)23-20(25)18(4-2)28(26,27)13-19(24)22-16-11-7-15(21)8-12-16/h5-12,18H,3-4,13H2,1-2H3,(H,22,24)(H,23,25). The second-order valence-electron chi connectivity index (χ2n) is 6.30. The number of amides is 2. The molecule has 2 aromatic rings. The Morgan fingerprint density at radius 3 is 2.00 bits per heavy atom. The molecule has 0 bridgehead atoms. The van der Waals surface area contributed by atoms with E-state index in [4.69, 9.17) is 0 Å². The van der Waals surface area contributed by atoms with Gasteiger partial charge in [0.2, 0.25) is 11.8 Å². The molecule has 0 saturated carbocycles. The first-order chi connectivity index (χ1) is 13.2. The molecule has 6 nitrogen and oxygen atoms in total. The number of carbonyl (C=O) groups is 2. The van der Waals surface area contributed by atoms with Crippen LogP contribution in [0.15, 0.2) is 48.5 Å². The predicted molar refractivity (Wildman–Crippen MR) is 107 cm³/mol. The van der Waals surface area contributed by atoms with Crippen LogP contribution in [-0.4, -0.2) is 31.2 Å². The summed E-state index contributed by atoms with van der Waals surface area (Å²) in [5.74, 6) is -2.78. The van der Waals surface area contributed by atoms with E-state index in [1.165, 1.54) is 12.1 Å². The summed E-state index contributed by atoms with van der Waals surface area (Å²) in [6, 6.07) is 12.1. The molecule has 0 radical (unpaired) electrons.